The van der Waals surface area contributed by atoms with Gasteiger partial charge < -0.3 is 15.3 Å². The topological polar surface area (TPSA) is 52.6 Å². The first-order chi connectivity index (χ1) is 9.72. The monoisotopic (exact) mass is 282 g/mol. The van der Waals surface area contributed by atoms with E-state index in [1.165, 1.54) is 32.1 Å². The van der Waals surface area contributed by atoms with Crippen LogP contribution in [-0.2, 0) is 4.79 Å². The molecule has 2 unspecified atom stereocenters. The summed E-state index contributed by atoms with van der Waals surface area (Å²) in [5.41, 5.74) is 0. The molecule has 2 fully saturated rings. The van der Waals surface area contributed by atoms with Crippen LogP contribution in [0.5, 0.6) is 0 Å². The fraction of sp³-hybridized carbons (Fsp3) is 0.938. The molecule has 2 N–H and O–H groups in total. The molecule has 2 aliphatic rings. The first-order valence-electron chi connectivity index (χ1n) is 8.37. The lowest BCUT2D eigenvalue weighted by atomic mass is 9.89. The molecular weight excluding hydrogens is 252 g/mol. The van der Waals surface area contributed by atoms with Crippen LogP contribution < -0.4 is 5.32 Å². The van der Waals surface area contributed by atoms with Crippen molar-refractivity contribution < 1.29 is 9.90 Å². The second-order valence-electron chi connectivity index (χ2n) is 6.46. The Labute approximate surface area is 122 Å². The molecule has 1 saturated heterocycles. The molecule has 2 rings (SSSR count). The average Bonchev–Trinajstić information content (AvgIpc) is 2.47. The van der Waals surface area contributed by atoms with E-state index in [-0.39, 0.29) is 12.5 Å². The standard InChI is InChI=1S/C16H30N2O2/c1-2-16(20)18-11-13(8-9-19)10-15(12-18)17-14-6-4-3-5-7-14/h13-15,17,19H,2-12H2,1H3. The summed E-state index contributed by atoms with van der Waals surface area (Å²) in [5, 5.41) is 13.0. The number of amides is 1. The number of aliphatic hydroxyl groups is 1. The Morgan fingerprint density at radius 1 is 1.20 bits per heavy atom. The van der Waals surface area contributed by atoms with Gasteiger partial charge in [-0.25, -0.2) is 0 Å². The smallest absolute Gasteiger partial charge is 0.222 e. The molecule has 4 nitrogen and oxygen atoms in total. The van der Waals surface area contributed by atoms with Crippen LogP contribution >= 0.6 is 0 Å². The van der Waals surface area contributed by atoms with Gasteiger partial charge in [0.1, 0.15) is 0 Å². The van der Waals surface area contributed by atoms with Gasteiger partial charge in [0, 0.05) is 38.2 Å². The Bertz CT molecular complexity index is 303. The van der Waals surface area contributed by atoms with Crippen molar-refractivity contribution in [3.8, 4) is 0 Å². The third-order valence-electron chi connectivity index (χ3n) is 4.81. The van der Waals surface area contributed by atoms with Gasteiger partial charge in [-0.05, 0) is 31.6 Å². The van der Waals surface area contributed by atoms with Crippen molar-refractivity contribution in [1.29, 1.82) is 0 Å². The Morgan fingerprint density at radius 2 is 1.95 bits per heavy atom. The quantitative estimate of drug-likeness (QED) is 0.810. The van der Waals surface area contributed by atoms with Gasteiger partial charge in [-0.15, -0.1) is 0 Å². The van der Waals surface area contributed by atoms with Gasteiger partial charge >= 0.3 is 0 Å². The van der Waals surface area contributed by atoms with Gasteiger partial charge in [-0.1, -0.05) is 26.2 Å². The number of hydrogen-bond donors (Lipinski definition) is 2. The summed E-state index contributed by atoms with van der Waals surface area (Å²) >= 11 is 0. The number of rotatable bonds is 5. The molecule has 4 heteroatoms. The molecule has 1 aliphatic heterocycles. The Morgan fingerprint density at radius 3 is 2.60 bits per heavy atom. The van der Waals surface area contributed by atoms with Crippen molar-refractivity contribution >= 4 is 5.91 Å². The van der Waals surface area contributed by atoms with Crippen LogP contribution in [0.4, 0.5) is 0 Å². The molecule has 116 valence electrons. The molecule has 0 spiro atoms. The first kappa shape index (κ1) is 15.8. The van der Waals surface area contributed by atoms with E-state index in [1.54, 1.807) is 0 Å². The Hall–Kier alpha value is -0.610. The lowest BCUT2D eigenvalue weighted by Crippen LogP contribution is -2.53. The molecule has 1 aliphatic carbocycles. The van der Waals surface area contributed by atoms with Crippen molar-refractivity contribution in [1.82, 2.24) is 10.2 Å². The van der Waals surface area contributed by atoms with E-state index >= 15 is 0 Å². The average molecular weight is 282 g/mol. The summed E-state index contributed by atoms with van der Waals surface area (Å²) in [6.45, 7) is 3.84. The largest absolute Gasteiger partial charge is 0.396 e. The van der Waals surface area contributed by atoms with Crippen LogP contribution in [-0.4, -0.2) is 47.7 Å². The van der Waals surface area contributed by atoms with Crippen molar-refractivity contribution in [2.45, 2.75) is 70.4 Å². The zero-order chi connectivity index (χ0) is 14.4. The van der Waals surface area contributed by atoms with Crippen LogP contribution in [0, 0.1) is 5.92 Å². The van der Waals surface area contributed by atoms with Gasteiger partial charge in [0.15, 0.2) is 0 Å². The van der Waals surface area contributed by atoms with E-state index < -0.39 is 0 Å². The fourth-order valence-corrected chi connectivity index (χ4v) is 3.75. The number of carbonyl (C=O) groups is 1. The molecule has 0 bridgehead atoms. The second-order valence-corrected chi connectivity index (χ2v) is 6.46. The molecule has 0 aromatic rings. The minimum absolute atomic E-state index is 0.231. The predicted octanol–water partition coefficient (Wildman–Crippen LogP) is 1.92. The van der Waals surface area contributed by atoms with Crippen molar-refractivity contribution in [2.24, 2.45) is 5.92 Å². The fourth-order valence-electron chi connectivity index (χ4n) is 3.75. The number of carbonyl (C=O) groups excluding carboxylic acids is 1. The van der Waals surface area contributed by atoms with Crippen LogP contribution in [0.25, 0.3) is 0 Å². The molecule has 1 heterocycles. The summed E-state index contributed by atoms with van der Waals surface area (Å²) in [6, 6.07) is 1.05. The molecule has 0 aromatic heterocycles. The maximum absolute atomic E-state index is 12.0. The van der Waals surface area contributed by atoms with Gasteiger partial charge in [-0.2, -0.15) is 0 Å². The van der Waals surface area contributed by atoms with E-state index in [0.29, 0.717) is 24.4 Å². The highest BCUT2D eigenvalue weighted by atomic mass is 16.3. The van der Waals surface area contributed by atoms with E-state index in [1.807, 2.05) is 11.8 Å². The summed E-state index contributed by atoms with van der Waals surface area (Å²) in [4.78, 5) is 14.0. The number of hydrogen-bond acceptors (Lipinski definition) is 3. The highest BCUT2D eigenvalue weighted by molar-refractivity contribution is 5.76. The van der Waals surface area contributed by atoms with Crippen molar-refractivity contribution in [3.05, 3.63) is 0 Å². The third kappa shape index (κ3) is 4.45. The van der Waals surface area contributed by atoms with E-state index in [4.69, 9.17) is 0 Å². The van der Waals surface area contributed by atoms with Crippen molar-refractivity contribution in [3.63, 3.8) is 0 Å². The minimum atomic E-state index is 0.231. The summed E-state index contributed by atoms with van der Waals surface area (Å²) in [6.07, 6.45) is 9.11. The van der Waals surface area contributed by atoms with Crippen LogP contribution in [0.3, 0.4) is 0 Å². The number of piperidine rings is 1. The van der Waals surface area contributed by atoms with Crippen LogP contribution in [0.2, 0.25) is 0 Å². The highest BCUT2D eigenvalue weighted by Gasteiger charge is 2.30. The SMILES string of the molecule is CCC(=O)N1CC(CCO)CC(NC2CCCCC2)C1. The maximum Gasteiger partial charge on any atom is 0.222 e. The number of aliphatic hydroxyl groups excluding tert-OH is 1. The zero-order valence-electron chi connectivity index (χ0n) is 12.8. The van der Waals surface area contributed by atoms with Crippen LogP contribution in [0.1, 0.15) is 58.3 Å². The summed E-state index contributed by atoms with van der Waals surface area (Å²) in [7, 11) is 0. The summed E-state index contributed by atoms with van der Waals surface area (Å²) < 4.78 is 0. The molecular formula is C16H30N2O2. The van der Waals surface area contributed by atoms with E-state index in [2.05, 4.69) is 5.32 Å². The minimum Gasteiger partial charge on any atom is -0.396 e. The Kier molecular flexibility index (Phi) is 6.30. The Balaban J connectivity index is 1.90. The number of nitrogens with one attached hydrogen (secondary N) is 1. The van der Waals surface area contributed by atoms with E-state index in [9.17, 15) is 9.90 Å². The first-order valence-corrected chi connectivity index (χ1v) is 8.37. The molecule has 1 amide bonds. The number of nitrogens with zero attached hydrogens (tertiary/aromatic N) is 1. The van der Waals surface area contributed by atoms with Gasteiger partial charge in [0.2, 0.25) is 5.91 Å². The van der Waals surface area contributed by atoms with Crippen LogP contribution in [0.15, 0.2) is 0 Å². The molecule has 0 aromatic carbocycles. The van der Waals surface area contributed by atoms with Gasteiger partial charge in [-0.3, -0.25) is 4.79 Å². The lowest BCUT2D eigenvalue weighted by molar-refractivity contribution is -0.133. The van der Waals surface area contributed by atoms with Crippen molar-refractivity contribution in [2.75, 3.05) is 19.7 Å². The highest BCUT2D eigenvalue weighted by Crippen LogP contribution is 2.23. The molecule has 0 radical (unpaired) electrons. The molecule has 2 atom stereocenters. The summed E-state index contributed by atoms with van der Waals surface area (Å²) in [5.74, 6) is 0.702. The predicted molar refractivity (Wildman–Crippen MR) is 80.5 cm³/mol. The lowest BCUT2D eigenvalue weighted by Gasteiger charge is -2.40. The third-order valence-corrected chi connectivity index (χ3v) is 4.81. The van der Waals surface area contributed by atoms with Gasteiger partial charge in [0.25, 0.3) is 0 Å². The maximum atomic E-state index is 12.0. The van der Waals surface area contributed by atoms with E-state index in [0.717, 1.165) is 25.9 Å². The number of likely N-dealkylation sites (tertiary alicyclic amines) is 1. The zero-order valence-corrected chi connectivity index (χ0v) is 12.8. The normalized spacial score (nSPS) is 28.6. The molecule has 1 saturated carbocycles. The second kappa shape index (κ2) is 7.99. The molecule has 20 heavy (non-hydrogen) atoms. The van der Waals surface area contributed by atoms with Gasteiger partial charge in [0.05, 0.1) is 0 Å².